The first-order valence-electron chi connectivity index (χ1n) is 8.14. The Morgan fingerprint density at radius 1 is 1.15 bits per heavy atom. The summed E-state index contributed by atoms with van der Waals surface area (Å²) in [6.07, 6.45) is 1.48. The summed E-state index contributed by atoms with van der Waals surface area (Å²) >= 11 is 0. The highest BCUT2D eigenvalue weighted by atomic mass is 16.6. The van der Waals surface area contributed by atoms with Gasteiger partial charge in [0.25, 0.3) is 17.4 Å². The van der Waals surface area contributed by atoms with Crippen LogP contribution in [0.4, 0.5) is 5.69 Å². The highest BCUT2D eigenvalue weighted by molar-refractivity contribution is 6.46. The number of hydrogen-bond donors (Lipinski definition) is 1. The molecular weight excluding hydrogens is 348 g/mol. The summed E-state index contributed by atoms with van der Waals surface area (Å²) in [6.45, 7) is 3.70. The van der Waals surface area contributed by atoms with Crippen molar-refractivity contribution in [2.45, 2.75) is 6.04 Å². The number of Topliss-reactive ketones (excluding diaryl/α,β-unsaturated/α-hetero) is 1. The Labute approximate surface area is 155 Å². The zero-order valence-electron chi connectivity index (χ0n) is 14.2. The second kappa shape index (κ2) is 7.25. The number of benzene rings is 2. The highest BCUT2D eigenvalue weighted by Gasteiger charge is 2.45. The molecule has 1 aliphatic rings. The van der Waals surface area contributed by atoms with Gasteiger partial charge >= 0.3 is 0 Å². The first-order chi connectivity index (χ1) is 13.0. The number of ketones is 1. The molecule has 1 aliphatic heterocycles. The fourth-order valence-electron chi connectivity index (χ4n) is 3.08. The maximum Gasteiger partial charge on any atom is 0.295 e. The van der Waals surface area contributed by atoms with Gasteiger partial charge in [-0.2, -0.15) is 0 Å². The van der Waals surface area contributed by atoms with Crippen LogP contribution in [0, 0.1) is 10.1 Å². The van der Waals surface area contributed by atoms with E-state index in [1.165, 1.54) is 35.2 Å². The van der Waals surface area contributed by atoms with Gasteiger partial charge in [-0.05, 0) is 17.7 Å². The molecule has 7 nitrogen and oxygen atoms in total. The van der Waals surface area contributed by atoms with Gasteiger partial charge in [-0.25, -0.2) is 0 Å². The molecule has 1 fully saturated rings. The van der Waals surface area contributed by atoms with Crippen molar-refractivity contribution in [3.05, 3.63) is 94.1 Å². The standard InChI is InChI=1S/C20H16N2O5/c1-2-12-21-17(13-8-10-15(11-9-13)22(26)27)16(19(24)20(21)25)18(23)14-6-4-3-5-7-14/h2-11,17,23H,1,12H2/t17-/m1/s1. The Balaban J connectivity index is 2.17. The number of carbonyl (C=O) groups is 2. The lowest BCUT2D eigenvalue weighted by molar-refractivity contribution is -0.384. The van der Waals surface area contributed by atoms with Gasteiger partial charge in [-0.15, -0.1) is 6.58 Å². The van der Waals surface area contributed by atoms with E-state index in [2.05, 4.69) is 6.58 Å². The van der Waals surface area contributed by atoms with Crippen LogP contribution in [0.3, 0.4) is 0 Å². The number of nitro groups is 1. The molecule has 2 aromatic rings. The summed E-state index contributed by atoms with van der Waals surface area (Å²) in [7, 11) is 0. The maximum atomic E-state index is 12.6. The van der Waals surface area contributed by atoms with Crippen molar-refractivity contribution in [1.29, 1.82) is 0 Å². The Hall–Kier alpha value is -3.74. The second-order valence-corrected chi connectivity index (χ2v) is 5.95. The molecule has 2 aromatic carbocycles. The minimum Gasteiger partial charge on any atom is -0.507 e. The summed E-state index contributed by atoms with van der Waals surface area (Å²) in [6, 6.07) is 13.1. The smallest absolute Gasteiger partial charge is 0.295 e. The largest absolute Gasteiger partial charge is 0.507 e. The summed E-state index contributed by atoms with van der Waals surface area (Å²) in [5, 5.41) is 21.6. The van der Waals surface area contributed by atoms with Gasteiger partial charge in [0.05, 0.1) is 16.5 Å². The minimum absolute atomic E-state index is 0.0538. The lowest BCUT2D eigenvalue weighted by Gasteiger charge is -2.24. The molecule has 0 aliphatic carbocycles. The molecule has 3 rings (SSSR count). The van der Waals surface area contributed by atoms with E-state index in [-0.39, 0.29) is 23.6 Å². The van der Waals surface area contributed by atoms with Gasteiger partial charge in [0.1, 0.15) is 5.76 Å². The number of aliphatic hydroxyl groups excluding tert-OH is 1. The average Bonchev–Trinajstić information content (AvgIpc) is 2.93. The number of rotatable bonds is 5. The molecule has 27 heavy (non-hydrogen) atoms. The van der Waals surface area contributed by atoms with E-state index in [0.717, 1.165) is 0 Å². The lowest BCUT2D eigenvalue weighted by atomic mass is 9.95. The van der Waals surface area contributed by atoms with E-state index < -0.39 is 22.7 Å². The van der Waals surface area contributed by atoms with Gasteiger partial charge in [-0.1, -0.05) is 36.4 Å². The molecule has 136 valence electrons. The van der Waals surface area contributed by atoms with E-state index in [1.807, 2.05) is 0 Å². The molecule has 1 N–H and O–H groups in total. The predicted molar refractivity (Wildman–Crippen MR) is 98.7 cm³/mol. The molecule has 0 aromatic heterocycles. The molecule has 0 unspecified atom stereocenters. The van der Waals surface area contributed by atoms with Crippen LogP contribution in [0.1, 0.15) is 17.2 Å². The fourth-order valence-corrected chi connectivity index (χ4v) is 3.08. The van der Waals surface area contributed by atoms with Crippen molar-refractivity contribution < 1.29 is 19.6 Å². The van der Waals surface area contributed by atoms with Crippen molar-refractivity contribution in [2.24, 2.45) is 0 Å². The summed E-state index contributed by atoms with van der Waals surface area (Å²) in [5.74, 6) is -1.85. The molecule has 1 heterocycles. The Bertz CT molecular complexity index is 948. The number of non-ortho nitro benzene ring substituents is 1. The lowest BCUT2D eigenvalue weighted by Crippen LogP contribution is -2.29. The molecule has 1 saturated heterocycles. The number of carbonyl (C=O) groups excluding carboxylic acids is 2. The maximum absolute atomic E-state index is 12.6. The number of nitrogens with zero attached hydrogens (tertiary/aromatic N) is 2. The predicted octanol–water partition coefficient (Wildman–Crippen LogP) is 3.20. The van der Waals surface area contributed by atoms with Gasteiger partial charge in [0.2, 0.25) is 0 Å². The number of amides is 1. The average molecular weight is 364 g/mol. The van der Waals surface area contributed by atoms with Crippen LogP contribution in [0.25, 0.3) is 5.76 Å². The Kier molecular flexibility index (Phi) is 4.85. The SMILES string of the molecule is C=CCN1C(=O)C(=O)C(=C(O)c2ccccc2)[C@H]1c1ccc([N+](=O)[O-])cc1. The van der Waals surface area contributed by atoms with E-state index in [9.17, 15) is 24.8 Å². The van der Waals surface area contributed by atoms with Gasteiger partial charge in [0.15, 0.2) is 0 Å². The van der Waals surface area contributed by atoms with Crippen molar-refractivity contribution in [1.82, 2.24) is 4.90 Å². The molecular formula is C20H16N2O5. The number of aliphatic hydroxyl groups is 1. The first-order valence-corrected chi connectivity index (χ1v) is 8.14. The second-order valence-electron chi connectivity index (χ2n) is 5.95. The quantitative estimate of drug-likeness (QED) is 0.219. The van der Waals surface area contributed by atoms with Gasteiger partial charge < -0.3 is 10.0 Å². The third-order valence-electron chi connectivity index (χ3n) is 4.33. The van der Waals surface area contributed by atoms with Crippen LogP contribution in [0.15, 0.2) is 72.8 Å². The number of hydrogen-bond acceptors (Lipinski definition) is 5. The summed E-state index contributed by atoms with van der Waals surface area (Å²) in [5.41, 5.74) is 0.726. The van der Waals surface area contributed by atoms with Crippen LogP contribution in [0.5, 0.6) is 0 Å². The Morgan fingerprint density at radius 2 is 1.78 bits per heavy atom. The van der Waals surface area contributed by atoms with Crippen molar-refractivity contribution in [2.75, 3.05) is 6.54 Å². The van der Waals surface area contributed by atoms with Crippen molar-refractivity contribution in [3.8, 4) is 0 Å². The van der Waals surface area contributed by atoms with Crippen LogP contribution in [-0.2, 0) is 9.59 Å². The molecule has 1 amide bonds. The monoisotopic (exact) mass is 364 g/mol. The van der Waals surface area contributed by atoms with E-state index in [4.69, 9.17) is 0 Å². The summed E-state index contributed by atoms with van der Waals surface area (Å²) < 4.78 is 0. The number of nitro benzene ring substituents is 1. The minimum atomic E-state index is -0.857. The van der Waals surface area contributed by atoms with E-state index in [0.29, 0.717) is 11.1 Å². The third kappa shape index (κ3) is 3.22. The summed E-state index contributed by atoms with van der Waals surface area (Å²) in [4.78, 5) is 36.7. The van der Waals surface area contributed by atoms with E-state index >= 15 is 0 Å². The zero-order chi connectivity index (χ0) is 19.6. The van der Waals surface area contributed by atoms with Crippen LogP contribution < -0.4 is 0 Å². The highest BCUT2D eigenvalue weighted by Crippen LogP contribution is 2.39. The Morgan fingerprint density at radius 3 is 2.33 bits per heavy atom. The van der Waals surface area contributed by atoms with Gasteiger partial charge in [0, 0.05) is 24.2 Å². The van der Waals surface area contributed by atoms with Crippen LogP contribution in [-0.4, -0.2) is 33.2 Å². The van der Waals surface area contributed by atoms with E-state index in [1.54, 1.807) is 30.3 Å². The third-order valence-corrected chi connectivity index (χ3v) is 4.33. The van der Waals surface area contributed by atoms with Gasteiger partial charge in [-0.3, -0.25) is 19.7 Å². The molecule has 0 saturated carbocycles. The van der Waals surface area contributed by atoms with Crippen LogP contribution >= 0.6 is 0 Å². The fraction of sp³-hybridized carbons (Fsp3) is 0.100. The van der Waals surface area contributed by atoms with Crippen molar-refractivity contribution >= 4 is 23.1 Å². The molecule has 0 bridgehead atoms. The van der Waals surface area contributed by atoms with Crippen molar-refractivity contribution in [3.63, 3.8) is 0 Å². The molecule has 1 atom stereocenters. The molecule has 0 radical (unpaired) electrons. The van der Waals surface area contributed by atoms with Crippen LogP contribution in [0.2, 0.25) is 0 Å². The zero-order valence-corrected chi connectivity index (χ0v) is 14.2. The number of likely N-dealkylation sites (tertiary alicyclic amines) is 1. The molecule has 7 heteroatoms. The normalized spacial score (nSPS) is 18.5. The first kappa shape index (κ1) is 18.1. The topological polar surface area (TPSA) is 101 Å². The molecule has 0 spiro atoms.